The maximum Gasteiger partial charge on any atom is 0.338 e. The van der Waals surface area contributed by atoms with Crippen LogP contribution in [0.25, 0.3) is 5.69 Å². The van der Waals surface area contributed by atoms with E-state index >= 15 is 0 Å². The van der Waals surface area contributed by atoms with Crippen molar-refractivity contribution in [3.05, 3.63) is 47.5 Å². The van der Waals surface area contributed by atoms with Gasteiger partial charge in [0.05, 0.1) is 16.8 Å². The van der Waals surface area contributed by atoms with Crippen LogP contribution in [0.1, 0.15) is 24.2 Å². The van der Waals surface area contributed by atoms with Crippen LogP contribution in [-0.4, -0.2) is 49.4 Å². The summed E-state index contributed by atoms with van der Waals surface area (Å²) in [6.45, 7) is 2.09. The van der Waals surface area contributed by atoms with Gasteiger partial charge < -0.3 is 15.3 Å². The first-order chi connectivity index (χ1) is 11.4. The van der Waals surface area contributed by atoms with E-state index in [0.29, 0.717) is 5.69 Å². The number of aliphatic hydroxyl groups excluding tert-OH is 1. The number of carbonyl (C=O) groups is 2. The van der Waals surface area contributed by atoms with Crippen LogP contribution in [0.4, 0.5) is 0 Å². The zero-order valence-electron chi connectivity index (χ0n) is 13.1. The van der Waals surface area contributed by atoms with Crippen LogP contribution in [-0.2, 0) is 9.53 Å². The zero-order valence-corrected chi connectivity index (χ0v) is 13.1. The van der Waals surface area contributed by atoms with Crippen molar-refractivity contribution < 1.29 is 19.4 Å². The zero-order chi connectivity index (χ0) is 17.7. The lowest BCUT2D eigenvalue weighted by atomic mass is 10.1. The lowest BCUT2D eigenvalue weighted by Gasteiger charge is -2.09. The summed E-state index contributed by atoms with van der Waals surface area (Å²) in [5.74, 6) is -1.63. The second kappa shape index (κ2) is 7.27. The number of nitrogens with zero attached hydrogens (tertiary/aromatic N) is 4. The largest absolute Gasteiger partial charge is 0.508 e. The molecule has 0 saturated heterocycles. The Morgan fingerprint density at radius 3 is 2.67 bits per heavy atom. The fraction of sp³-hybridized carbons (Fsp3) is 0.200. The van der Waals surface area contributed by atoms with Crippen LogP contribution in [0.2, 0.25) is 0 Å². The van der Waals surface area contributed by atoms with E-state index in [1.807, 2.05) is 0 Å². The van der Waals surface area contributed by atoms with Gasteiger partial charge in [-0.25, -0.2) is 9.48 Å². The number of hydrogen-bond donors (Lipinski definition) is 2. The Labute approximate surface area is 137 Å². The Balaban J connectivity index is 2.13. The number of nitrogens with one attached hydrogen (secondary N) is 1. The molecule has 9 nitrogen and oxygen atoms in total. The van der Waals surface area contributed by atoms with Crippen molar-refractivity contribution in [1.82, 2.24) is 20.2 Å². The summed E-state index contributed by atoms with van der Waals surface area (Å²) >= 11 is 0. The van der Waals surface area contributed by atoms with Crippen LogP contribution in [0.15, 0.2) is 41.9 Å². The van der Waals surface area contributed by atoms with Gasteiger partial charge in [0, 0.05) is 5.71 Å². The molecule has 1 heterocycles. The van der Waals surface area contributed by atoms with Gasteiger partial charge in [-0.15, -0.1) is 5.10 Å². The molecule has 0 fully saturated rings. The summed E-state index contributed by atoms with van der Waals surface area (Å²) < 4.78 is 6.36. The monoisotopic (exact) mass is 329 g/mol. The summed E-state index contributed by atoms with van der Waals surface area (Å²) in [4.78, 5) is 23.5. The summed E-state index contributed by atoms with van der Waals surface area (Å²) in [5, 5.41) is 28.1. The normalized spacial score (nSPS) is 11.6. The minimum absolute atomic E-state index is 0.100. The van der Waals surface area contributed by atoms with E-state index in [2.05, 4.69) is 15.5 Å². The number of rotatable bonds is 6. The minimum Gasteiger partial charge on any atom is -0.508 e. The van der Waals surface area contributed by atoms with E-state index in [0.717, 1.165) is 0 Å². The van der Waals surface area contributed by atoms with Crippen LogP contribution >= 0.6 is 0 Å². The average Bonchev–Trinajstić information content (AvgIpc) is 3.06. The first kappa shape index (κ1) is 17.0. The molecule has 1 aromatic carbocycles. The van der Waals surface area contributed by atoms with Gasteiger partial charge in [0.1, 0.15) is 18.7 Å². The Morgan fingerprint density at radius 1 is 1.33 bits per heavy atom. The molecule has 0 amide bonds. The average molecular weight is 329 g/mol. The predicted molar refractivity (Wildman–Crippen MR) is 83.2 cm³/mol. The van der Waals surface area contributed by atoms with Gasteiger partial charge in [0.25, 0.3) is 0 Å². The topological polar surface area (TPSA) is 131 Å². The third-order valence-corrected chi connectivity index (χ3v) is 3.05. The molecule has 24 heavy (non-hydrogen) atoms. The summed E-state index contributed by atoms with van der Waals surface area (Å²) in [6, 6.07) is 6.39. The number of benzene rings is 1. The standard InChI is InChI=1S/C15H15N5O4/c1-9(16)14(10(2)21)13(22)7-24-15(23)11-4-3-5-12(6-11)20-8-17-18-19-20/h3-6,8,16,22H,7H2,1-2H3/b14-13-,16-9?. The second-order valence-corrected chi connectivity index (χ2v) is 4.88. The second-order valence-electron chi connectivity index (χ2n) is 4.88. The Bertz CT molecular complexity index is 795. The molecule has 124 valence electrons. The van der Waals surface area contributed by atoms with Crippen molar-refractivity contribution in [3.8, 4) is 5.69 Å². The van der Waals surface area contributed by atoms with Crippen molar-refractivity contribution in [2.24, 2.45) is 0 Å². The van der Waals surface area contributed by atoms with E-state index in [-0.39, 0.29) is 16.8 Å². The number of esters is 1. The number of ether oxygens (including phenoxy) is 1. The highest BCUT2D eigenvalue weighted by Gasteiger charge is 2.16. The smallest absolute Gasteiger partial charge is 0.338 e. The van der Waals surface area contributed by atoms with Gasteiger partial charge in [-0.1, -0.05) is 6.07 Å². The third kappa shape index (κ3) is 3.88. The molecule has 0 aliphatic rings. The summed E-state index contributed by atoms with van der Waals surface area (Å²) in [6.07, 6.45) is 1.38. The van der Waals surface area contributed by atoms with E-state index in [9.17, 15) is 14.7 Å². The van der Waals surface area contributed by atoms with Crippen LogP contribution in [0.5, 0.6) is 0 Å². The first-order valence-electron chi connectivity index (χ1n) is 6.89. The van der Waals surface area contributed by atoms with Crippen LogP contribution in [0, 0.1) is 5.41 Å². The number of carbonyl (C=O) groups excluding carboxylic acids is 2. The van der Waals surface area contributed by atoms with E-state index in [1.165, 1.54) is 37.0 Å². The molecular formula is C15H15N5O4. The summed E-state index contributed by atoms with van der Waals surface area (Å²) in [7, 11) is 0. The highest BCUT2D eigenvalue weighted by atomic mass is 16.5. The van der Waals surface area contributed by atoms with Crippen LogP contribution < -0.4 is 0 Å². The molecule has 0 unspecified atom stereocenters. The van der Waals surface area contributed by atoms with Gasteiger partial charge in [0.2, 0.25) is 0 Å². The molecule has 2 N–H and O–H groups in total. The molecule has 9 heteroatoms. The third-order valence-electron chi connectivity index (χ3n) is 3.05. The predicted octanol–water partition coefficient (Wildman–Crippen LogP) is 1.26. The fourth-order valence-electron chi connectivity index (χ4n) is 2.03. The molecule has 0 bridgehead atoms. The maximum absolute atomic E-state index is 12.1. The number of hydrogen-bond acceptors (Lipinski definition) is 8. The Hall–Kier alpha value is -3.36. The molecule has 0 aliphatic heterocycles. The van der Waals surface area contributed by atoms with Gasteiger partial charge >= 0.3 is 5.97 Å². The lowest BCUT2D eigenvalue weighted by molar-refractivity contribution is -0.113. The van der Waals surface area contributed by atoms with Crippen LogP contribution in [0.3, 0.4) is 0 Å². The van der Waals surface area contributed by atoms with E-state index < -0.39 is 24.1 Å². The molecule has 0 atom stereocenters. The Kier molecular flexibility index (Phi) is 5.15. The summed E-state index contributed by atoms with van der Waals surface area (Å²) in [5.41, 5.74) is 0.530. The molecule has 0 saturated carbocycles. The highest BCUT2D eigenvalue weighted by molar-refractivity contribution is 6.19. The van der Waals surface area contributed by atoms with Crippen molar-refractivity contribution >= 4 is 17.5 Å². The number of Topliss-reactive ketones (excluding diaryl/α,β-unsaturated/α-hetero) is 1. The minimum atomic E-state index is -0.693. The number of aromatic nitrogens is 4. The molecule has 2 rings (SSSR count). The lowest BCUT2D eigenvalue weighted by Crippen LogP contribution is -2.15. The molecule has 2 aromatic rings. The molecule has 0 spiro atoms. The van der Waals surface area contributed by atoms with E-state index in [1.54, 1.807) is 12.1 Å². The van der Waals surface area contributed by atoms with Crippen molar-refractivity contribution in [3.63, 3.8) is 0 Å². The quantitative estimate of drug-likeness (QED) is 0.353. The fourth-order valence-corrected chi connectivity index (χ4v) is 2.03. The van der Waals surface area contributed by atoms with Gasteiger partial charge in [0.15, 0.2) is 5.78 Å². The van der Waals surface area contributed by atoms with Gasteiger partial charge in [-0.05, 0) is 42.5 Å². The number of tetrazole rings is 1. The van der Waals surface area contributed by atoms with Gasteiger partial charge in [-0.2, -0.15) is 0 Å². The molecule has 0 aliphatic carbocycles. The molecule has 1 aromatic heterocycles. The maximum atomic E-state index is 12.1. The van der Waals surface area contributed by atoms with E-state index in [4.69, 9.17) is 10.1 Å². The molecule has 0 radical (unpaired) electrons. The number of aliphatic hydroxyl groups is 1. The van der Waals surface area contributed by atoms with Gasteiger partial charge in [-0.3, -0.25) is 4.79 Å². The Morgan fingerprint density at radius 2 is 2.08 bits per heavy atom. The molecular weight excluding hydrogens is 314 g/mol. The number of ketones is 1. The van der Waals surface area contributed by atoms with Crippen molar-refractivity contribution in [2.75, 3.05) is 6.61 Å². The SMILES string of the molecule is CC(=N)/C(C(C)=O)=C(/O)COC(=O)c1cccc(-n2cnnn2)c1. The highest BCUT2D eigenvalue weighted by Crippen LogP contribution is 2.11. The van der Waals surface area contributed by atoms with Crippen molar-refractivity contribution in [1.29, 1.82) is 5.41 Å². The van der Waals surface area contributed by atoms with Crippen molar-refractivity contribution in [2.45, 2.75) is 13.8 Å². The first-order valence-corrected chi connectivity index (χ1v) is 6.89. The number of allylic oxidation sites excluding steroid dienone is 1.